The molecule has 3 aromatic rings. The third-order valence-corrected chi connectivity index (χ3v) is 7.82. The van der Waals surface area contributed by atoms with E-state index in [0.717, 1.165) is 6.04 Å². The molecule has 0 aliphatic carbocycles. The zero-order valence-corrected chi connectivity index (χ0v) is 16.6. The summed E-state index contributed by atoms with van der Waals surface area (Å²) in [6.07, 6.45) is 3.91. The maximum atomic E-state index is 5.17. The Hall–Kier alpha value is -1.71. The van der Waals surface area contributed by atoms with E-state index in [9.17, 15) is 0 Å². The smallest absolute Gasteiger partial charge is 0.0991 e. The lowest BCUT2D eigenvalue weighted by Crippen LogP contribution is -2.44. The third kappa shape index (κ3) is 2.52. The molecule has 0 N–H and O–H groups in total. The minimum Gasteiger partial charge on any atom is -0.300 e. The highest BCUT2D eigenvalue weighted by Gasteiger charge is 2.47. The molecule has 2 fully saturated rings. The SMILES string of the molecule is Cc1ccc(C2CC3CCC(C2c2nc4c(C)cccc4s2)N3C)cc1. The maximum Gasteiger partial charge on any atom is 0.0991 e. The summed E-state index contributed by atoms with van der Waals surface area (Å²) in [5.74, 6) is 1.10. The molecule has 0 amide bonds. The number of hydrogen-bond donors (Lipinski definition) is 0. The molecule has 1 aromatic heterocycles. The summed E-state index contributed by atoms with van der Waals surface area (Å²) >= 11 is 1.92. The lowest BCUT2D eigenvalue weighted by atomic mass is 9.76. The fourth-order valence-electron chi connectivity index (χ4n) is 5.21. The van der Waals surface area contributed by atoms with Crippen LogP contribution in [0.5, 0.6) is 0 Å². The first-order chi connectivity index (χ1) is 12.6. The molecule has 4 atom stereocenters. The van der Waals surface area contributed by atoms with Gasteiger partial charge in [0.2, 0.25) is 0 Å². The van der Waals surface area contributed by atoms with E-state index >= 15 is 0 Å². The van der Waals surface area contributed by atoms with Crippen LogP contribution in [-0.2, 0) is 0 Å². The second-order valence-corrected chi connectivity index (χ2v) is 9.28. The van der Waals surface area contributed by atoms with E-state index in [1.165, 1.54) is 51.2 Å². The van der Waals surface area contributed by atoms with Crippen molar-refractivity contribution in [3.8, 4) is 0 Å². The summed E-state index contributed by atoms with van der Waals surface area (Å²) in [7, 11) is 2.33. The number of hydrogen-bond acceptors (Lipinski definition) is 3. The van der Waals surface area contributed by atoms with Crippen LogP contribution < -0.4 is 0 Å². The lowest BCUT2D eigenvalue weighted by Gasteiger charge is -2.42. The van der Waals surface area contributed by atoms with Gasteiger partial charge in [0, 0.05) is 18.0 Å². The molecule has 0 spiro atoms. The number of rotatable bonds is 2. The van der Waals surface area contributed by atoms with Gasteiger partial charge in [0.25, 0.3) is 0 Å². The molecule has 2 aliphatic heterocycles. The van der Waals surface area contributed by atoms with E-state index in [0.29, 0.717) is 17.9 Å². The normalized spacial score (nSPS) is 28.7. The van der Waals surface area contributed by atoms with E-state index in [1.807, 2.05) is 11.3 Å². The first kappa shape index (κ1) is 16.5. The van der Waals surface area contributed by atoms with E-state index in [2.05, 4.69) is 68.3 Å². The molecule has 2 nitrogen and oxygen atoms in total. The molecule has 134 valence electrons. The second kappa shape index (κ2) is 6.17. The Labute approximate surface area is 159 Å². The summed E-state index contributed by atoms with van der Waals surface area (Å²) in [4.78, 5) is 7.82. The number of likely N-dealkylation sites (N-methyl/N-ethyl adjacent to an activating group) is 1. The van der Waals surface area contributed by atoms with E-state index in [-0.39, 0.29) is 0 Å². The number of aromatic nitrogens is 1. The molecular weight excluding hydrogens is 336 g/mol. The van der Waals surface area contributed by atoms with E-state index in [1.54, 1.807) is 0 Å². The number of fused-ring (bicyclic) bond motifs is 3. The number of nitrogens with zero attached hydrogens (tertiary/aromatic N) is 2. The van der Waals surface area contributed by atoms with Gasteiger partial charge in [-0.1, -0.05) is 42.0 Å². The van der Waals surface area contributed by atoms with Crippen molar-refractivity contribution in [1.29, 1.82) is 0 Å². The van der Waals surface area contributed by atoms with E-state index in [4.69, 9.17) is 4.98 Å². The molecule has 26 heavy (non-hydrogen) atoms. The average molecular weight is 363 g/mol. The fraction of sp³-hybridized carbons (Fsp3) is 0.435. The van der Waals surface area contributed by atoms with Gasteiger partial charge in [0.1, 0.15) is 0 Å². The monoisotopic (exact) mass is 362 g/mol. The van der Waals surface area contributed by atoms with Crippen LogP contribution >= 0.6 is 11.3 Å². The van der Waals surface area contributed by atoms with Crippen LogP contribution in [0.15, 0.2) is 42.5 Å². The molecule has 2 bridgehead atoms. The number of para-hydroxylation sites is 1. The molecule has 3 heterocycles. The van der Waals surface area contributed by atoms with Crippen LogP contribution in [0.2, 0.25) is 0 Å². The molecule has 2 aromatic carbocycles. The van der Waals surface area contributed by atoms with Crippen LogP contribution in [-0.4, -0.2) is 29.0 Å². The molecule has 0 saturated carbocycles. The van der Waals surface area contributed by atoms with Crippen molar-refractivity contribution in [2.24, 2.45) is 0 Å². The van der Waals surface area contributed by atoms with Crippen molar-refractivity contribution in [3.05, 3.63) is 64.2 Å². The standard InChI is InChI=1S/C23H26N2S/c1-14-7-9-16(10-8-14)18-13-17-11-12-19(25(17)3)21(18)23-24-22-15(2)5-4-6-20(22)26-23/h4-10,17-19,21H,11-13H2,1-3H3. The lowest BCUT2D eigenvalue weighted by molar-refractivity contribution is 0.137. The van der Waals surface area contributed by atoms with Crippen molar-refractivity contribution in [2.45, 2.75) is 57.0 Å². The third-order valence-electron chi connectivity index (χ3n) is 6.70. The number of benzene rings is 2. The minimum atomic E-state index is 0.512. The van der Waals surface area contributed by atoms with Gasteiger partial charge in [-0.3, -0.25) is 4.90 Å². The molecule has 0 radical (unpaired) electrons. The Kier molecular flexibility index (Phi) is 3.91. The van der Waals surface area contributed by atoms with Gasteiger partial charge in [-0.25, -0.2) is 4.98 Å². The highest BCUT2D eigenvalue weighted by Crippen LogP contribution is 2.52. The summed E-state index contributed by atoms with van der Waals surface area (Å²) < 4.78 is 1.34. The van der Waals surface area contributed by atoms with Gasteiger partial charge < -0.3 is 0 Å². The average Bonchev–Trinajstić information content (AvgIpc) is 3.15. The first-order valence-corrected chi connectivity index (χ1v) is 10.6. The second-order valence-electron chi connectivity index (χ2n) is 8.22. The molecule has 3 heteroatoms. The van der Waals surface area contributed by atoms with Crippen LogP contribution in [0.1, 0.15) is 52.8 Å². The van der Waals surface area contributed by atoms with Crippen molar-refractivity contribution in [3.63, 3.8) is 0 Å². The quantitative estimate of drug-likeness (QED) is 0.586. The first-order valence-electron chi connectivity index (χ1n) is 9.76. The van der Waals surface area contributed by atoms with Crippen molar-refractivity contribution >= 4 is 21.6 Å². The Morgan fingerprint density at radius 3 is 2.62 bits per heavy atom. The number of thiazole rings is 1. The Balaban J connectivity index is 1.63. The number of aryl methyl sites for hydroxylation is 2. The fourth-order valence-corrected chi connectivity index (χ4v) is 6.48. The predicted octanol–water partition coefficient (Wildman–Crippen LogP) is 5.65. The minimum absolute atomic E-state index is 0.512. The van der Waals surface area contributed by atoms with Gasteiger partial charge in [-0.2, -0.15) is 0 Å². The van der Waals surface area contributed by atoms with Crippen LogP contribution in [0.25, 0.3) is 10.2 Å². The molecule has 2 aliphatic rings. The van der Waals surface area contributed by atoms with Gasteiger partial charge in [0.15, 0.2) is 0 Å². The molecule has 2 saturated heterocycles. The Morgan fingerprint density at radius 1 is 1.04 bits per heavy atom. The topological polar surface area (TPSA) is 16.1 Å². The molecule has 4 unspecified atom stereocenters. The van der Waals surface area contributed by atoms with Gasteiger partial charge >= 0.3 is 0 Å². The summed E-state index contributed by atoms with van der Waals surface area (Å²) in [5, 5.41) is 1.34. The molecular formula is C23H26N2S. The van der Waals surface area contributed by atoms with Crippen molar-refractivity contribution in [1.82, 2.24) is 9.88 Å². The Morgan fingerprint density at radius 2 is 1.85 bits per heavy atom. The van der Waals surface area contributed by atoms with Crippen molar-refractivity contribution < 1.29 is 0 Å². The molecule has 5 rings (SSSR count). The Bertz CT molecular complexity index is 943. The van der Waals surface area contributed by atoms with Crippen LogP contribution in [0.4, 0.5) is 0 Å². The van der Waals surface area contributed by atoms with Gasteiger partial charge in [-0.05, 0) is 63.3 Å². The highest BCUT2D eigenvalue weighted by molar-refractivity contribution is 7.18. The van der Waals surface area contributed by atoms with Crippen LogP contribution in [0.3, 0.4) is 0 Å². The zero-order valence-electron chi connectivity index (χ0n) is 15.8. The predicted molar refractivity (Wildman–Crippen MR) is 110 cm³/mol. The number of piperidine rings is 1. The van der Waals surface area contributed by atoms with E-state index < -0.39 is 0 Å². The van der Waals surface area contributed by atoms with Crippen molar-refractivity contribution in [2.75, 3.05) is 7.05 Å². The maximum absolute atomic E-state index is 5.17. The zero-order chi connectivity index (χ0) is 17.8. The largest absolute Gasteiger partial charge is 0.300 e. The summed E-state index contributed by atoms with van der Waals surface area (Å²) in [5.41, 5.74) is 5.35. The van der Waals surface area contributed by atoms with Crippen LogP contribution in [0, 0.1) is 13.8 Å². The van der Waals surface area contributed by atoms with Gasteiger partial charge in [0.05, 0.1) is 15.2 Å². The van der Waals surface area contributed by atoms with Gasteiger partial charge in [-0.15, -0.1) is 11.3 Å². The summed E-state index contributed by atoms with van der Waals surface area (Å²) in [6, 6.07) is 17.2. The summed E-state index contributed by atoms with van der Waals surface area (Å²) in [6.45, 7) is 4.36. The highest BCUT2D eigenvalue weighted by atomic mass is 32.1.